The predicted molar refractivity (Wildman–Crippen MR) is 118 cm³/mol. The first-order valence-corrected chi connectivity index (χ1v) is 10.9. The lowest BCUT2D eigenvalue weighted by atomic mass is 9.91. The Morgan fingerprint density at radius 1 is 1.23 bits per heavy atom. The first-order valence-electron chi connectivity index (χ1n) is 10.6. The molecular formula is C22H28ClN5O2. The molecule has 1 aliphatic heterocycles. The largest absolute Gasteiger partial charge is 0.383 e. The van der Waals surface area contributed by atoms with E-state index in [9.17, 15) is 4.79 Å². The van der Waals surface area contributed by atoms with E-state index >= 15 is 0 Å². The topological polar surface area (TPSA) is 88.2 Å². The third-order valence-electron chi connectivity index (χ3n) is 5.85. The highest BCUT2D eigenvalue weighted by molar-refractivity contribution is 6.32. The fourth-order valence-electron chi connectivity index (χ4n) is 4.20. The van der Waals surface area contributed by atoms with Gasteiger partial charge < -0.3 is 20.7 Å². The van der Waals surface area contributed by atoms with E-state index in [2.05, 4.69) is 20.9 Å². The molecule has 0 radical (unpaired) electrons. The van der Waals surface area contributed by atoms with Crippen LogP contribution in [0.2, 0.25) is 5.02 Å². The number of hydrogen-bond acceptors (Lipinski definition) is 6. The molecule has 0 spiro atoms. The summed E-state index contributed by atoms with van der Waals surface area (Å²) in [4.78, 5) is 21.1. The van der Waals surface area contributed by atoms with Crippen LogP contribution in [0.25, 0.3) is 11.3 Å². The van der Waals surface area contributed by atoms with Crippen molar-refractivity contribution >= 4 is 23.5 Å². The maximum Gasteiger partial charge on any atom is 0.251 e. The predicted octanol–water partition coefficient (Wildman–Crippen LogP) is 3.04. The second-order valence-corrected chi connectivity index (χ2v) is 8.31. The second-order valence-electron chi connectivity index (χ2n) is 7.91. The van der Waals surface area contributed by atoms with E-state index in [1.54, 1.807) is 13.3 Å². The van der Waals surface area contributed by atoms with Crippen molar-refractivity contribution in [2.45, 2.75) is 44.2 Å². The molecule has 0 saturated heterocycles. The molecule has 0 atom stereocenters. The Hall–Kier alpha value is -2.22. The van der Waals surface area contributed by atoms with Crippen molar-refractivity contribution in [1.82, 2.24) is 20.6 Å². The van der Waals surface area contributed by atoms with Crippen molar-refractivity contribution in [2.75, 3.05) is 32.1 Å². The van der Waals surface area contributed by atoms with Crippen LogP contribution in [0.4, 0.5) is 5.95 Å². The van der Waals surface area contributed by atoms with Crippen LogP contribution in [0.15, 0.2) is 24.4 Å². The number of carbonyl (C=O) groups is 1. The number of halogens is 1. The van der Waals surface area contributed by atoms with E-state index in [0.717, 1.165) is 61.9 Å². The van der Waals surface area contributed by atoms with Gasteiger partial charge in [-0.2, -0.15) is 0 Å². The molecule has 0 bridgehead atoms. The van der Waals surface area contributed by atoms with Crippen molar-refractivity contribution in [3.05, 3.63) is 40.5 Å². The average molecular weight is 430 g/mol. The molecule has 8 heteroatoms. The van der Waals surface area contributed by atoms with Crippen molar-refractivity contribution < 1.29 is 9.53 Å². The van der Waals surface area contributed by atoms with Crippen molar-refractivity contribution in [3.8, 4) is 11.3 Å². The first kappa shape index (κ1) is 21.0. The van der Waals surface area contributed by atoms with Gasteiger partial charge >= 0.3 is 0 Å². The molecule has 4 rings (SSSR count). The van der Waals surface area contributed by atoms with Crippen LogP contribution in [-0.2, 0) is 11.2 Å². The number of nitrogens with one attached hydrogen (secondary N) is 3. The van der Waals surface area contributed by atoms with Gasteiger partial charge in [0.1, 0.15) is 0 Å². The molecule has 1 aliphatic carbocycles. The van der Waals surface area contributed by atoms with Crippen LogP contribution in [0.3, 0.4) is 0 Å². The zero-order chi connectivity index (χ0) is 20.9. The number of fused-ring (bicyclic) bond motifs is 1. The monoisotopic (exact) mass is 429 g/mol. The van der Waals surface area contributed by atoms with Gasteiger partial charge in [0, 0.05) is 43.4 Å². The summed E-state index contributed by atoms with van der Waals surface area (Å²) in [5, 5.41) is 10.4. The molecule has 0 unspecified atom stereocenters. The van der Waals surface area contributed by atoms with Crippen LogP contribution in [0.5, 0.6) is 0 Å². The molecule has 160 valence electrons. The van der Waals surface area contributed by atoms with Crippen molar-refractivity contribution in [2.24, 2.45) is 0 Å². The molecular weight excluding hydrogens is 402 g/mol. The van der Waals surface area contributed by atoms with Crippen molar-refractivity contribution in [3.63, 3.8) is 0 Å². The normalized spacial score (nSPS) is 21.1. The first-order chi connectivity index (χ1) is 14.6. The number of benzene rings is 1. The molecule has 1 aromatic carbocycles. The van der Waals surface area contributed by atoms with Gasteiger partial charge in [-0.05, 0) is 49.8 Å². The lowest BCUT2D eigenvalue weighted by Crippen LogP contribution is -2.38. The SMILES string of the molecule is COCCN[C@H]1CC[C@H](Nc2ncc(Cl)c(-c3ccc4c(c3)CCNC4=O)n2)CC1. The van der Waals surface area contributed by atoms with Crippen LogP contribution >= 0.6 is 11.6 Å². The van der Waals surface area contributed by atoms with E-state index in [0.29, 0.717) is 35.3 Å². The molecule has 2 aliphatic rings. The number of carbonyl (C=O) groups excluding carboxylic acids is 1. The van der Waals surface area contributed by atoms with Gasteiger partial charge in [-0.25, -0.2) is 9.97 Å². The van der Waals surface area contributed by atoms with Gasteiger partial charge in [0.2, 0.25) is 5.95 Å². The average Bonchev–Trinajstić information content (AvgIpc) is 2.76. The van der Waals surface area contributed by atoms with Gasteiger partial charge in [-0.15, -0.1) is 0 Å². The summed E-state index contributed by atoms with van der Waals surface area (Å²) in [5.74, 6) is 0.576. The minimum absolute atomic E-state index is 0.0220. The molecule has 3 N–H and O–H groups in total. The Balaban J connectivity index is 1.42. The summed E-state index contributed by atoms with van der Waals surface area (Å²) in [6, 6.07) is 6.67. The molecule has 2 heterocycles. The van der Waals surface area contributed by atoms with Crippen LogP contribution < -0.4 is 16.0 Å². The highest BCUT2D eigenvalue weighted by Gasteiger charge is 2.22. The van der Waals surface area contributed by atoms with E-state index in [4.69, 9.17) is 21.3 Å². The quantitative estimate of drug-likeness (QED) is 0.586. The second kappa shape index (κ2) is 9.73. The standard InChI is InChI=1S/C22H28ClN5O2/c1-30-11-10-24-16-3-5-17(6-4-16)27-22-26-13-19(23)20(28-22)15-2-7-18-14(12-15)8-9-25-21(18)29/h2,7,12-13,16-17,24H,3-6,8-11H2,1H3,(H,25,29)(H,26,27,28)/t16-,17-. The van der Waals surface area contributed by atoms with Gasteiger partial charge in [0.25, 0.3) is 5.91 Å². The number of anilines is 1. The number of rotatable bonds is 7. The number of amides is 1. The van der Waals surface area contributed by atoms with E-state index in [-0.39, 0.29) is 5.91 Å². The minimum Gasteiger partial charge on any atom is -0.383 e. The summed E-state index contributed by atoms with van der Waals surface area (Å²) in [5.41, 5.74) is 3.35. The maximum absolute atomic E-state index is 12.0. The molecule has 1 saturated carbocycles. The maximum atomic E-state index is 12.0. The van der Waals surface area contributed by atoms with Gasteiger partial charge in [-0.3, -0.25) is 4.79 Å². The lowest BCUT2D eigenvalue weighted by Gasteiger charge is -2.29. The van der Waals surface area contributed by atoms with Gasteiger partial charge in [0.05, 0.1) is 23.5 Å². The molecule has 30 heavy (non-hydrogen) atoms. The zero-order valence-electron chi connectivity index (χ0n) is 17.2. The molecule has 7 nitrogen and oxygen atoms in total. The molecule has 1 aromatic heterocycles. The number of nitrogens with zero attached hydrogens (tertiary/aromatic N) is 2. The lowest BCUT2D eigenvalue weighted by molar-refractivity contribution is 0.0946. The van der Waals surface area contributed by atoms with Crippen LogP contribution in [0.1, 0.15) is 41.6 Å². The third kappa shape index (κ3) is 4.91. The van der Waals surface area contributed by atoms with Crippen LogP contribution in [0, 0.1) is 0 Å². The smallest absolute Gasteiger partial charge is 0.251 e. The fraction of sp³-hybridized carbons (Fsp3) is 0.500. The van der Waals surface area contributed by atoms with Crippen LogP contribution in [-0.4, -0.2) is 54.8 Å². The number of ether oxygens (including phenoxy) is 1. The third-order valence-corrected chi connectivity index (χ3v) is 6.12. The molecule has 1 fully saturated rings. The zero-order valence-corrected chi connectivity index (χ0v) is 18.0. The molecule has 2 aromatic rings. The van der Waals surface area contributed by atoms with Gasteiger partial charge in [0.15, 0.2) is 0 Å². The number of hydrogen-bond donors (Lipinski definition) is 3. The highest BCUT2D eigenvalue weighted by Crippen LogP contribution is 2.30. The Morgan fingerprint density at radius 2 is 2.03 bits per heavy atom. The van der Waals surface area contributed by atoms with E-state index in [1.165, 1.54) is 0 Å². The van der Waals surface area contributed by atoms with Gasteiger partial charge in [-0.1, -0.05) is 17.7 Å². The van der Waals surface area contributed by atoms with E-state index < -0.39 is 0 Å². The Morgan fingerprint density at radius 3 is 2.83 bits per heavy atom. The van der Waals surface area contributed by atoms with Crippen molar-refractivity contribution in [1.29, 1.82) is 0 Å². The Bertz CT molecular complexity index is 899. The summed E-state index contributed by atoms with van der Waals surface area (Å²) in [6.07, 6.45) is 6.84. The summed E-state index contributed by atoms with van der Waals surface area (Å²) < 4.78 is 5.10. The minimum atomic E-state index is -0.0220. The molecule has 1 amide bonds. The summed E-state index contributed by atoms with van der Waals surface area (Å²) in [7, 11) is 1.73. The summed E-state index contributed by atoms with van der Waals surface area (Å²) >= 11 is 6.41. The Labute approximate surface area is 182 Å². The number of aromatic nitrogens is 2. The fourth-order valence-corrected chi connectivity index (χ4v) is 4.40. The highest BCUT2D eigenvalue weighted by atomic mass is 35.5. The Kier molecular flexibility index (Phi) is 6.82. The number of methoxy groups -OCH3 is 1. The summed E-state index contributed by atoms with van der Waals surface area (Å²) in [6.45, 7) is 2.29. The van der Waals surface area contributed by atoms with E-state index in [1.807, 2.05) is 18.2 Å².